The first-order valence-corrected chi connectivity index (χ1v) is 10.8. The molecule has 0 bridgehead atoms. The van der Waals surface area contributed by atoms with Crippen molar-refractivity contribution < 1.29 is 9.59 Å². The number of nitrogens with zero attached hydrogens (tertiary/aromatic N) is 2. The highest BCUT2D eigenvalue weighted by Crippen LogP contribution is 2.31. The third-order valence-corrected chi connectivity index (χ3v) is 5.94. The van der Waals surface area contributed by atoms with Gasteiger partial charge in [-0.05, 0) is 56.2 Å². The van der Waals surface area contributed by atoms with Crippen molar-refractivity contribution in [3.8, 4) is 0 Å². The first kappa shape index (κ1) is 21.1. The molecule has 0 atom stereocenters. The number of aromatic nitrogens is 1. The molecule has 0 spiro atoms. The number of nitrogens with one attached hydrogen (secondary N) is 1. The van der Waals surface area contributed by atoms with Gasteiger partial charge in [0.1, 0.15) is 0 Å². The molecule has 0 radical (unpaired) electrons. The van der Waals surface area contributed by atoms with Crippen LogP contribution < -0.4 is 5.32 Å². The minimum Gasteiger partial charge on any atom is -0.339 e. The Morgan fingerprint density at radius 1 is 0.935 bits per heavy atom. The van der Waals surface area contributed by atoms with Crippen molar-refractivity contribution >= 4 is 29.1 Å². The highest BCUT2D eigenvalue weighted by molar-refractivity contribution is 6.33. The molecule has 0 saturated carbocycles. The molecule has 2 aromatic carbocycles. The second-order valence-electron chi connectivity index (χ2n) is 7.75. The third kappa shape index (κ3) is 4.78. The molecule has 1 saturated heterocycles. The number of hydrogen-bond donors (Lipinski definition) is 1. The van der Waals surface area contributed by atoms with Crippen molar-refractivity contribution in [2.45, 2.75) is 25.7 Å². The number of hydrogen-bond acceptors (Lipinski definition) is 3. The van der Waals surface area contributed by atoms with E-state index in [1.54, 1.807) is 12.1 Å². The molecule has 2 amide bonds. The van der Waals surface area contributed by atoms with Gasteiger partial charge in [0.25, 0.3) is 11.8 Å². The van der Waals surface area contributed by atoms with Crippen LogP contribution in [0.15, 0.2) is 66.7 Å². The molecule has 0 aliphatic carbocycles. The average molecular weight is 434 g/mol. The SMILES string of the molecule is Cc1ccc(C(=O)Nc2ccccc2)c(C2CCN(C(=O)c3ccccc3Cl)CC2)n1. The van der Waals surface area contributed by atoms with Crippen molar-refractivity contribution in [1.29, 1.82) is 0 Å². The number of carbonyl (C=O) groups excluding carboxylic acids is 2. The molecule has 6 heteroatoms. The predicted octanol–water partition coefficient (Wildman–Crippen LogP) is 5.32. The first-order chi connectivity index (χ1) is 15.0. The van der Waals surface area contributed by atoms with Crippen LogP contribution in [0.25, 0.3) is 0 Å². The van der Waals surface area contributed by atoms with Gasteiger partial charge in [-0.25, -0.2) is 0 Å². The molecule has 2 heterocycles. The van der Waals surface area contributed by atoms with Gasteiger partial charge in [0.15, 0.2) is 0 Å². The summed E-state index contributed by atoms with van der Waals surface area (Å²) in [7, 11) is 0. The summed E-state index contributed by atoms with van der Waals surface area (Å²) in [5, 5.41) is 3.42. The minimum absolute atomic E-state index is 0.0525. The van der Waals surface area contributed by atoms with E-state index >= 15 is 0 Å². The minimum atomic E-state index is -0.164. The van der Waals surface area contributed by atoms with Crippen molar-refractivity contribution in [3.05, 3.63) is 94.3 Å². The fourth-order valence-corrected chi connectivity index (χ4v) is 4.18. The van der Waals surface area contributed by atoms with Crippen LogP contribution in [0.3, 0.4) is 0 Å². The second kappa shape index (κ2) is 9.31. The molecule has 1 aromatic heterocycles. The summed E-state index contributed by atoms with van der Waals surface area (Å²) in [6.45, 7) is 3.13. The van der Waals surface area contributed by atoms with E-state index in [0.29, 0.717) is 29.2 Å². The number of likely N-dealkylation sites (tertiary alicyclic amines) is 1. The van der Waals surface area contributed by atoms with Crippen molar-refractivity contribution in [1.82, 2.24) is 9.88 Å². The molecular formula is C25H24ClN3O2. The van der Waals surface area contributed by atoms with Gasteiger partial charge < -0.3 is 10.2 Å². The molecule has 31 heavy (non-hydrogen) atoms. The van der Waals surface area contributed by atoms with E-state index in [2.05, 4.69) is 5.32 Å². The quantitative estimate of drug-likeness (QED) is 0.606. The maximum absolute atomic E-state index is 13.0. The van der Waals surface area contributed by atoms with E-state index in [4.69, 9.17) is 16.6 Å². The average Bonchev–Trinajstić information content (AvgIpc) is 2.79. The Labute approximate surface area is 187 Å². The van der Waals surface area contributed by atoms with E-state index < -0.39 is 0 Å². The Bertz CT molecular complexity index is 1090. The Hall–Kier alpha value is -3.18. The van der Waals surface area contributed by atoms with Crippen LogP contribution in [-0.2, 0) is 0 Å². The van der Waals surface area contributed by atoms with Crippen LogP contribution in [0.5, 0.6) is 0 Å². The zero-order chi connectivity index (χ0) is 21.8. The summed E-state index contributed by atoms with van der Waals surface area (Å²) >= 11 is 6.20. The smallest absolute Gasteiger partial charge is 0.257 e. The Morgan fingerprint density at radius 2 is 1.61 bits per heavy atom. The summed E-state index contributed by atoms with van der Waals surface area (Å²) in [4.78, 5) is 32.4. The van der Waals surface area contributed by atoms with Gasteiger partial charge in [0.05, 0.1) is 21.8 Å². The van der Waals surface area contributed by atoms with Crippen LogP contribution in [0.4, 0.5) is 5.69 Å². The van der Waals surface area contributed by atoms with E-state index in [9.17, 15) is 9.59 Å². The third-order valence-electron chi connectivity index (χ3n) is 5.61. The van der Waals surface area contributed by atoms with E-state index in [-0.39, 0.29) is 17.7 Å². The number of anilines is 1. The van der Waals surface area contributed by atoms with Gasteiger partial charge in [0, 0.05) is 30.4 Å². The molecule has 4 rings (SSSR count). The zero-order valence-electron chi connectivity index (χ0n) is 17.3. The normalized spacial score (nSPS) is 14.3. The lowest BCUT2D eigenvalue weighted by atomic mass is 9.89. The lowest BCUT2D eigenvalue weighted by Crippen LogP contribution is -2.38. The monoisotopic (exact) mass is 433 g/mol. The van der Waals surface area contributed by atoms with E-state index in [1.807, 2.05) is 66.4 Å². The van der Waals surface area contributed by atoms with Crippen molar-refractivity contribution in [2.24, 2.45) is 0 Å². The van der Waals surface area contributed by atoms with Crippen LogP contribution in [0.2, 0.25) is 5.02 Å². The number of pyridine rings is 1. The van der Waals surface area contributed by atoms with Crippen LogP contribution in [0, 0.1) is 6.92 Å². The highest BCUT2D eigenvalue weighted by atomic mass is 35.5. The lowest BCUT2D eigenvalue weighted by molar-refractivity contribution is 0.0711. The number of benzene rings is 2. The van der Waals surface area contributed by atoms with Crippen molar-refractivity contribution in [2.75, 3.05) is 18.4 Å². The number of halogens is 1. The molecule has 5 nitrogen and oxygen atoms in total. The Balaban J connectivity index is 1.49. The molecule has 3 aromatic rings. The molecule has 1 aliphatic rings. The molecule has 1 fully saturated rings. The Kier molecular flexibility index (Phi) is 6.33. The Morgan fingerprint density at radius 3 is 2.32 bits per heavy atom. The fourth-order valence-electron chi connectivity index (χ4n) is 3.96. The number of rotatable bonds is 4. The maximum Gasteiger partial charge on any atom is 0.257 e. The largest absolute Gasteiger partial charge is 0.339 e. The summed E-state index contributed by atoms with van der Waals surface area (Å²) in [5.74, 6) is -0.0988. The van der Waals surface area contributed by atoms with Gasteiger partial charge in [-0.2, -0.15) is 0 Å². The van der Waals surface area contributed by atoms with Crippen molar-refractivity contribution in [3.63, 3.8) is 0 Å². The van der Waals surface area contributed by atoms with E-state index in [0.717, 1.165) is 29.9 Å². The fraction of sp³-hybridized carbons (Fsp3) is 0.240. The maximum atomic E-state index is 13.0. The van der Waals surface area contributed by atoms with Gasteiger partial charge in [0.2, 0.25) is 0 Å². The predicted molar refractivity (Wildman–Crippen MR) is 123 cm³/mol. The van der Waals surface area contributed by atoms with E-state index in [1.165, 1.54) is 0 Å². The molecule has 1 N–H and O–H groups in total. The molecule has 1 aliphatic heterocycles. The number of carbonyl (C=O) groups is 2. The summed E-state index contributed by atoms with van der Waals surface area (Å²) < 4.78 is 0. The molecule has 0 unspecified atom stereocenters. The summed E-state index contributed by atoms with van der Waals surface area (Å²) in [6.07, 6.45) is 1.50. The molecule has 158 valence electrons. The van der Waals surface area contributed by atoms with Crippen LogP contribution in [-0.4, -0.2) is 34.8 Å². The summed E-state index contributed by atoms with van der Waals surface area (Å²) in [5.41, 5.74) is 3.54. The van der Waals surface area contributed by atoms with Gasteiger partial charge in [-0.15, -0.1) is 0 Å². The lowest BCUT2D eigenvalue weighted by Gasteiger charge is -2.32. The van der Waals surface area contributed by atoms with Gasteiger partial charge in [-0.1, -0.05) is 41.9 Å². The standard InChI is InChI=1S/C25H24ClN3O2/c1-17-11-12-21(24(30)28-19-7-3-2-4-8-19)23(27-17)18-13-15-29(16-14-18)25(31)20-9-5-6-10-22(20)26/h2-12,18H,13-16H2,1H3,(H,28,30). The summed E-state index contributed by atoms with van der Waals surface area (Å²) in [6, 6.07) is 20.2. The number of amides is 2. The number of piperidine rings is 1. The number of para-hydroxylation sites is 1. The number of aryl methyl sites for hydroxylation is 1. The van der Waals surface area contributed by atoms with Gasteiger partial charge >= 0.3 is 0 Å². The topological polar surface area (TPSA) is 62.3 Å². The molecular weight excluding hydrogens is 410 g/mol. The van der Waals surface area contributed by atoms with Crippen LogP contribution in [0.1, 0.15) is 50.9 Å². The highest BCUT2D eigenvalue weighted by Gasteiger charge is 2.29. The van der Waals surface area contributed by atoms with Gasteiger partial charge in [-0.3, -0.25) is 14.6 Å². The van der Waals surface area contributed by atoms with Crippen LogP contribution >= 0.6 is 11.6 Å². The zero-order valence-corrected chi connectivity index (χ0v) is 18.1. The second-order valence-corrected chi connectivity index (χ2v) is 8.16. The first-order valence-electron chi connectivity index (χ1n) is 10.4.